The van der Waals surface area contributed by atoms with Crippen molar-refractivity contribution < 1.29 is 4.79 Å². The number of nitrogens with one attached hydrogen (secondary N) is 1. The van der Waals surface area contributed by atoms with Crippen molar-refractivity contribution in [2.75, 3.05) is 11.4 Å². The highest BCUT2D eigenvalue weighted by Gasteiger charge is 2.23. The predicted molar refractivity (Wildman–Crippen MR) is 75.0 cm³/mol. The Bertz CT molecular complexity index is 434. The van der Waals surface area contributed by atoms with E-state index in [9.17, 15) is 4.79 Å². The van der Waals surface area contributed by atoms with Crippen molar-refractivity contribution in [1.82, 2.24) is 5.32 Å². The van der Waals surface area contributed by atoms with Crippen LogP contribution in [0.1, 0.15) is 39.2 Å². The lowest BCUT2D eigenvalue weighted by Crippen LogP contribution is -2.49. The number of aryl methyl sites for hydroxylation is 1. The summed E-state index contributed by atoms with van der Waals surface area (Å²) in [5.74, 6) is 0. The van der Waals surface area contributed by atoms with Gasteiger partial charge in [-0.2, -0.15) is 0 Å². The number of urea groups is 1. The summed E-state index contributed by atoms with van der Waals surface area (Å²) in [5.41, 5.74) is 2.15. The first-order chi connectivity index (χ1) is 8.47. The molecule has 2 amide bonds. The molecule has 0 aromatic heterocycles. The van der Waals surface area contributed by atoms with Crippen molar-refractivity contribution in [1.29, 1.82) is 0 Å². The molecule has 3 nitrogen and oxygen atoms in total. The van der Waals surface area contributed by atoms with E-state index in [4.69, 9.17) is 0 Å². The van der Waals surface area contributed by atoms with Crippen LogP contribution in [0.25, 0.3) is 0 Å². The van der Waals surface area contributed by atoms with Crippen LogP contribution in [0.3, 0.4) is 0 Å². The molecule has 0 fully saturated rings. The first-order valence-corrected chi connectivity index (χ1v) is 6.65. The summed E-state index contributed by atoms with van der Waals surface area (Å²) in [6.45, 7) is 6.83. The van der Waals surface area contributed by atoms with Crippen LogP contribution < -0.4 is 10.2 Å². The summed E-state index contributed by atoms with van der Waals surface area (Å²) in [6.07, 6.45) is 3.28. The number of carbonyl (C=O) groups is 1. The SMILES string of the molecule is CC(C)(C)NC(=O)N1CCCCc2ccccc21. The Hall–Kier alpha value is -1.51. The predicted octanol–water partition coefficient (Wildman–Crippen LogP) is 3.34. The molecule has 0 bridgehead atoms. The fourth-order valence-electron chi connectivity index (χ4n) is 2.29. The first kappa shape index (κ1) is 12.9. The Labute approximate surface area is 109 Å². The van der Waals surface area contributed by atoms with E-state index < -0.39 is 0 Å². The molecule has 3 heteroatoms. The minimum Gasteiger partial charge on any atom is -0.333 e. The van der Waals surface area contributed by atoms with Gasteiger partial charge in [0.25, 0.3) is 0 Å². The number of amides is 2. The fraction of sp³-hybridized carbons (Fsp3) is 0.533. The molecular formula is C15H22N2O. The highest BCUT2D eigenvalue weighted by Crippen LogP contribution is 2.26. The number of anilines is 1. The molecule has 1 heterocycles. The summed E-state index contributed by atoms with van der Waals surface area (Å²) in [5, 5.41) is 3.04. The van der Waals surface area contributed by atoms with Crippen LogP contribution >= 0.6 is 0 Å². The Kier molecular flexibility index (Phi) is 3.60. The number of carbonyl (C=O) groups excluding carboxylic acids is 1. The maximum Gasteiger partial charge on any atom is 0.322 e. The maximum absolute atomic E-state index is 12.3. The summed E-state index contributed by atoms with van der Waals surface area (Å²) in [6, 6.07) is 8.23. The highest BCUT2D eigenvalue weighted by atomic mass is 16.2. The minimum absolute atomic E-state index is 0.0110. The van der Waals surface area contributed by atoms with E-state index in [0.717, 1.165) is 31.5 Å². The number of hydrogen-bond acceptors (Lipinski definition) is 1. The molecule has 1 N–H and O–H groups in total. The van der Waals surface area contributed by atoms with Gasteiger partial charge in [-0.1, -0.05) is 18.2 Å². The summed E-state index contributed by atoms with van der Waals surface area (Å²) in [4.78, 5) is 14.2. The Morgan fingerprint density at radius 2 is 1.94 bits per heavy atom. The van der Waals surface area contributed by atoms with E-state index in [1.165, 1.54) is 5.56 Å². The van der Waals surface area contributed by atoms with Crippen LogP contribution in [0, 0.1) is 0 Å². The molecule has 1 aliphatic heterocycles. The maximum atomic E-state index is 12.3. The van der Waals surface area contributed by atoms with E-state index in [0.29, 0.717) is 0 Å². The van der Waals surface area contributed by atoms with Crippen LogP contribution in [0.4, 0.5) is 10.5 Å². The number of nitrogens with zero attached hydrogens (tertiary/aromatic N) is 1. The quantitative estimate of drug-likeness (QED) is 0.748. The van der Waals surface area contributed by atoms with Crippen LogP contribution in [0.5, 0.6) is 0 Å². The van der Waals surface area contributed by atoms with E-state index in [1.54, 1.807) is 0 Å². The fourth-order valence-corrected chi connectivity index (χ4v) is 2.29. The largest absolute Gasteiger partial charge is 0.333 e. The van der Waals surface area contributed by atoms with Crippen molar-refractivity contribution in [3.8, 4) is 0 Å². The number of benzene rings is 1. The first-order valence-electron chi connectivity index (χ1n) is 6.65. The zero-order valence-electron chi connectivity index (χ0n) is 11.5. The Morgan fingerprint density at radius 1 is 1.22 bits per heavy atom. The van der Waals surface area contributed by atoms with Crippen molar-refractivity contribution in [2.45, 2.75) is 45.6 Å². The number of fused-ring (bicyclic) bond motifs is 1. The molecule has 0 saturated carbocycles. The third-order valence-electron chi connectivity index (χ3n) is 3.09. The summed E-state index contributed by atoms with van der Waals surface area (Å²) in [7, 11) is 0. The number of hydrogen-bond donors (Lipinski definition) is 1. The van der Waals surface area contributed by atoms with Gasteiger partial charge in [-0.25, -0.2) is 4.79 Å². The second kappa shape index (κ2) is 5.01. The second-order valence-electron chi connectivity index (χ2n) is 5.92. The zero-order chi connectivity index (χ0) is 13.2. The van der Waals surface area contributed by atoms with Crippen LogP contribution in [0.15, 0.2) is 24.3 Å². The lowest BCUT2D eigenvalue weighted by Gasteiger charge is -2.28. The molecule has 2 rings (SSSR count). The van der Waals surface area contributed by atoms with E-state index in [-0.39, 0.29) is 11.6 Å². The third kappa shape index (κ3) is 3.03. The van der Waals surface area contributed by atoms with Gasteiger partial charge < -0.3 is 5.32 Å². The van der Waals surface area contributed by atoms with Gasteiger partial charge in [0.1, 0.15) is 0 Å². The second-order valence-corrected chi connectivity index (χ2v) is 5.92. The molecule has 98 valence electrons. The van der Waals surface area contributed by atoms with Crippen LogP contribution in [-0.4, -0.2) is 18.1 Å². The van der Waals surface area contributed by atoms with Gasteiger partial charge in [-0.05, 0) is 51.7 Å². The van der Waals surface area contributed by atoms with Gasteiger partial charge in [0.05, 0.1) is 0 Å². The van der Waals surface area contributed by atoms with Crippen LogP contribution in [-0.2, 0) is 6.42 Å². The standard InChI is InChI=1S/C15H22N2O/c1-15(2,3)16-14(18)17-11-7-6-9-12-8-4-5-10-13(12)17/h4-5,8,10H,6-7,9,11H2,1-3H3,(H,16,18). The molecule has 18 heavy (non-hydrogen) atoms. The molecule has 0 unspecified atom stereocenters. The van der Waals surface area contributed by atoms with Crippen molar-refractivity contribution in [2.24, 2.45) is 0 Å². The van der Waals surface area contributed by atoms with E-state index in [2.05, 4.69) is 11.4 Å². The smallest absolute Gasteiger partial charge is 0.322 e. The Morgan fingerprint density at radius 3 is 2.67 bits per heavy atom. The van der Waals surface area contributed by atoms with Crippen molar-refractivity contribution in [3.63, 3.8) is 0 Å². The topological polar surface area (TPSA) is 32.3 Å². The van der Waals surface area contributed by atoms with Gasteiger partial charge in [-0.3, -0.25) is 4.90 Å². The summed E-state index contributed by atoms with van der Waals surface area (Å²) >= 11 is 0. The average Bonchev–Trinajstić information content (AvgIpc) is 2.48. The molecule has 0 atom stereocenters. The number of rotatable bonds is 0. The third-order valence-corrected chi connectivity index (χ3v) is 3.09. The van der Waals surface area contributed by atoms with Gasteiger partial charge >= 0.3 is 6.03 Å². The molecule has 0 saturated heterocycles. The molecule has 1 aromatic rings. The van der Waals surface area contributed by atoms with Gasteiger partial charge in [0.2, 0.25) is 0 Å². The van der Waals surface area contributed by atoms with Gasteiger partial charge in [-0.15, -0.1) is 0 Å². The van der Waals surface area contributed by atoms with Crippen molar-refractivity contribution in [3.05, 3.63) is 29.8 Å². The van der Waals surface area contributed by atoms with E-state index in [1.807, 2.05) is 43.9 Å². The minimum atomic E-state index is -0.196. The lowest BCUT2D eigenvalue weighted by molar-refractivity contribution is 0.237. The van der Waals surface area contributed by atoms with Crippen LogP contribution in [0.2, 0.25) is 0 Å². The molecule has 0 aliphatic carbocycles. The highest BCUT2D eigenvalue weighted by molar-refractivity contribution is 5.93. The zero-order valence-corrected chi connectivity index (χ0v) is 11.5. The lowest BCUT2D eigenvalue weighted by atomic mass is 10.1. The van der Waals surface area contributed by atoms with E-state index >= 15 is 0 Å². The summed E-state index contributed by atoms with van der Waals surface area (Å²) < 4.78 is 0. The average molecular weight is 246 g/mol. The van der Waals surface area contributed by atoms with Gasteiger partial charge in [0.15, 0.2) is 0 Å². The molecule has 0 spiro atoms. The monoisotopic (exact) mass is 246 g/mol. The molecular weight excluding hydrogens is 224 g/mol. The van der Waals surface area contributed by atoms with Crippen molar-refractivity contribution >= 4 is 11.7 Å². The molecule has 1 aliphatic rings. The normalized spacial score (nSPS) is 15.8. The van der Waals surface area contributed by atoms with Gasteiger partial charge in [0, 0.05) is 17.8 Å². The number of para-hydroxylation sites is 1. The molecule has 0 radical (unpaired) electrons. The molecule has 1 aromatic carbocycles. The Balaban J connectivity index is 2.25.